The van der Waals surface area contributed by atoms with E-state index in [-0.39, 0.29) is 12.6 Å². The summed E-state index contributed by atoms with van der Waals surface area (Å²) >= 11 is 0. The minimum atomic E-state index is -4.71. The van der Waals surface area contributed by atoms with Crippen molar-refractivity contribution in [2.75, 3.05) is 75.3 Å². The number of rotatable bonds is 7. The second-order valence-electron chi connectivity index (χ2n) is 11.5. The zero-order valence-corrected chi connectivity index (χ0v) is 24.9. The van der Waals surface area contributed by atoms with Crippen molar-refractivity contribution >= 4 is 23.1 Å². The Balaban J connectivity index is 1.19. The maximum absolute atomic E-state index is 14.1. The summed E-state index contributed by atoms with van der Waals surface area (Å²) in [5, 5.41) is 4.19. The number of nitrogens with one attached hydrogen (secondary N) is 1. The average Bonchev–Trinajstić information content (AvgIpc) is 3.51. The van der Waals surface area contributed by atoms with Crippen LogP contribution in [-0.4, -0.2) is 85.8 Å². The lowest BCUT2D eigenvalue weighted by Gasteiger charge is -2.42. The minimum absolute atomic E-state index is 0.0239. The van der Waals surface area contributed by atoms with E-state index in [1.807, 2.05) is 12.1 Å². The Labute approximate surface area is 254 Å². The van der Waals surface area contributed by atoms with E-state index in [0.717, 1.165) is 69.1 Å². The number of piperidine rings is 1. The first-order chi connectivity index (χ1) is 21.2. The molecule has 3 aromatic rings. The van der Waals surface area contributed by atoms with Gasteiger partial charge in [0.25, 0.3) is 0 Å². The lowest BCUT2D eigenvalue weighted by atomic mass is 10.0. The van der Waals surface area contributed by atoms with Crippen LogP contribution in [0.1, 0.15) is 36.4 Å². The number of alkyl halides is 3. The fraction of sp³-hybridized carbons (Fsp3) is 0.484. The number of anilines is 4. The van der Waals surface area contributed by atoms with Crippen molar-refractivity contribution in [2.45, 2.75) is 37.5 Å². The fourth-order valence-corrected chi connectivity index (χ4v) is 6.27. The average molecular weight is 616 g/mol. The van der Waals surface area contributed by atoms with Crippen molar-refractivity contribution in [3.8, 4) is 5.75 Å². The molecule has 0 amide bonds. The maximum atomic E-state index is 14.1. The molecular formula is C31H37F4N7O2. The molecule has 0 aliphatic carbocycles. The van der Waals surface area contributed by atoms with Gasteiger partial charge in [-0.2, -0.15) is 18.2 Å². The lowest BCUT2D eigenvalue weighted by Crippen LogP contribution is -2.52. The first kappa shape index (κ1) is 30.4. The SMILES string of the molecule is COc1cc(Nc2ncc(C(F)(F)F)c(N3OCC[C@H]3c3ccc(F)cc3)n2)ccc1N1CCC(N2CCN(C)CC2)CC1. The third-order valence-corrected chi connectivity index (χ3v) is 8.74. The van der Waals surface area contributed by atoms with E-state index in [4.69, 9.17) is 9.57 Å². The number of hydrogen-bond acceptors (Lipinski definition) is 9. The maximum Gasteiger partial charge on any atom is 0.421 e. The smallest absolute Gasteiger partial charge is 0.421 e. The van der Waals surface area contributed by atoms with Gasteiger partial charge in [-0.15, -0.1) is 0 Å². The van der Waals surface area contributed by atoms with Crippen LogP contribution in [0.3, 0.4) is 0 Å². The first-order valence-electron chi connectivity index (χ1n) is 14.9. The van der Waals surface area contributed by atoms with Crippen molar-refractivity contribution in [3.05, 3.63) is 65.6 Å². The molecule has 0 spiro atoms. The number of aromatic nitrogens is 2. The highest BCUT2D eigenvalue weighted by Gasteiger charge is 2.40. The number of halogens is 4. The second kappa shape index (κ2) is 12.7. The lowest BCUT2D eigenvalue weighted by molar-refractivity contribution is -0.138. The number of benzene rings is 2. The largest absolute Gasteiger partial charge is 0.495 e. The van der Waals surface area contributed by atoms with E-state index in [2.05, 4.69) is 37.0 Å². The Morgan fingerprint density at radius 3 is 2.36 bits per heavy atom. The summed E-state index contributed by atoms with van der Waals surface area (Å²) in [5.74, 6) is -0.211. The van der Waals surface area contributed by atoms with Gasteiger partial charge in [-0.05, 0) is 49.7 Å². The van der Waals surface area contributed by atoms with Gasteiger partial charge in [-0.25, -0.2) is 14.4 Å². The van der Waals surface area contributed by atoms with Crippen LogP contribution in [0.5, 0.6) is 5.75 Å². The van der Waals surface area contributed by atoms with Crippen molar-refractivity contribution < 1.29 is 27.1 Å². The second-order valence-corrected chi connectivity index (χ2v) is 11.5. The monoisotopic (exact) mass is 615 g/mol. The van der Waals surface area contributed by atoms with Crippen molar-refractivity contribution in [1.82, 2.24) is 19.8 Å². The first-order valence-corrected chi connectivity index (χ1v) is 14.9. The summed E-state index contributed by atoms with van der Waals surface area (Å²) in [6, 6.07) is 11.2. The number of hydrogen-bond donors (Lipinski definition) is 1. The zero-order valence-electron chi connectivity index (χ0n) is 24.9. The molecule has 2 aromatic carbocycles. The van der Waals surface area contributed by atoms with Gasteiger partial charge >= 0.3 is 6.18 Å². The molecule has 0 radical (unpaired) electrons. The van der Waals surface area contributed by atoms with E-state index in [9.17, 15) is 17.6 Å². The van der Waals surface area contributed by atoms with Crippen LogP contribution in [0, 0.1) is 5.82 Å². The number of likely N-dealkylation sites (N-methyl/N-ethyl adjacent to an activating group) is 1. The highest BCUT2D eigenvalue weighted by Crippen LogP contribution is 2.42. The van der Waals surface area contributed by atoms with Gasteiger partial charge in [-0.1, -0.05) is 12.1 Å². The molecule has 3 fully saturated rings. The molecule has 236 valence electrons. The summed E-state index contributed by atoms with van der Waals surface area (Å²) in [4.78, 5) is 21.2. The molecule has 3 aliphatic heterocycles. The molecule has 4 heterocycles. The quantitative estimate of drug-likeness (QED) is 0.348. The van der Waals surface area contributed by atoms with Crippen molar-refractivity contribution in [1.29, 1.82) is 0 Å². The summed E-state index contributed by atoms with van der Waals surface area (Å²) < 4.78 is 61.4. The predicted molar refractivity (Wildman–Crippen MR) is 160 cm³/mol. The van der Waals surface area contributed by atoms with Crippen LogP contribution in [-0.2, 0) is 11.0 Å². The summed E-state index contributed by atoms with van der Waals surface area (Å²) in [6.07, 6.45) is -1.39. The van der Waals surface area contributed by atoms with Gasteiger partial charge in [0, 0.05) is 69.7 Å². The molecule has 3 saturated heterocycles. The molecule has 1 N–H and O–H groups in total. The molecular weight excluding hydrogens is 578 g/mol. The summed E-state index contributed by atoms with van der Waals surface area (Å²) in [7, 11) is 3.77. The van der Waals surface area contributed by atoms with Gasteiger partial charge < -0.3 is 19.9 Å². The van der Waals surface area contributed by atoms with Gasteiger partial charge in [0.05, 0.1) is 25.4 Å². The molecule has 1 atom stereocenters. The van der Waals surface area contributed by atoms with Crippen LogP contribution in [0.15, 0.2) is 48.7 Å². The van der Waals surface area contributed by atoms with E-state index < -0.39 is 29.4 Å². The van der Waals surface area contributed by atoms with Crippen LogP contribution < -0.4 is 20.0 Å². The predicted octanol–water partition coefficient (Wildman–Crippen LogP) is 5.49. The van der Waals surface area contributed by atoms with Crippen molar-refractivity contribution in [3.63, 3.8) is 0 Å². The summed E-state index contributed by atoms with van der Waals surface area (Å²) in [6.45, 7) is 6.44. The van der Waals surface area contributed by atoms with E-state index >= 15 is 0 Å². The fourth-order valence-electron chi connectivity index (χ4n) is 6.27. The minimum Gasteiger partial charge on any atom is -0.495 e. The number of hydroxylamine groups is 1. The third-order valence-electron chi connectivity index (χ3n) is 8.74. The van der Waals surface area contributed by atoms with Crippen molar-refractivity contribution in [2.24, 2.45) is 0 Å². The molecule has 6 rings (SSSR count). The zero-order chi connectivity index (χ0) is 30.8. The van der Waals surface area contributed by atoms with E-state index in [1.165, 1.54) is 24.3 Å². The van der Waals surface area contributed by atoms with Crippen LogP contribution in [0.4, 0.5) is 40.7 Å². The topological polar surface area (TPSA) is 69.2 Å². The Hall–Kier alpha value is -3.68. The summed E-state index contributed by atoms with van der Waals surface area (Å²) in [5.41, 5.74) is 1.14. The number of nitrogens with zero attached hydrogens (tertiary/aromatic N) is 6. The van der Waals surface area contributed by atoms with E-state index in [1.54, 1.807) is 13.2 Å². The number of piperazine rings is 1. The Morgan fingerprint density at radius 2 is 1.68 bits per heavy atom. The van der Waals surface area contributed by atoms with Crippen LogP contribution >= 0.6 is 0 Å². The van der Waals surface area contributed by atoms with Crippen LogP contribution in [0.25, 0.3) is 0 Å². The molecule has 9 nitrogen and oxygen atoms in total. The van der Waals surface area contributed by atoms with Gasteiger partial charge in [-0.3, -0.25) is 9.74 Å². The standard InChI is InChI=1S/C31H37F4N7O2/c1-39-14-16-40(17-15-39)24-9-12-41(13-10-24)27-8-7-23(19-28(27)43-2)37-30-36-20-25(31(33,34)35)29(38-30)42-26(11-18-44-42)21-3-5-22(32)6-4-21/h3-8,19-20,24,26H,9-18H2,1-2H3,(H,36,37,38)/t26-/m0/s1. The van der Waals surface area contributed by atoms with Gasteiger partial charge in [0.15, 0.2) is 5.82 Å². The third kappa shape index (κ3) is 6.54. The molecule has 3 aliphatic rings. The molecule has 44 heavy (non-hydrogen) atoms. The van der Waals surface area contributed by atoms with Gasteiger partial charge in [0.1, 0.15) is 17.1 Å². The molecule has 0 bridgehead atoms. The van der Waals surface area contributed by atoms with Crippen LogP contribution in [0.2, 0.25) is 0 Å². The van der Waals surface area contributed by atoms with Gasteiger partial charge in [0.2, 0.25) is 5.95 Å². The molecule has 0 saturated carbocycles. The number of methoxy groups -OCH3 is 1. The Morgan fingerprint density at radius 1 is 0.955 bits per heavy atom. The Kier molecular flexibility index (Phi) is 8.79. The molecule has 1 aromatic heterocycles. The Bertz CT molecular complexity index is 1430. The van der Waals surface area contributed by atoms with E-state index in [0.29, 0.717) is 29.5 Å². The number of ether oxygens (including phenoxy) is 1. The molecule has 0 unspecified atom stereocenters. The normalized spacial score (nSPS) is 20.7. The molecule has 13 heteroatoms. The highest BCUT2D eigenvalue weighted by atomic mass is 19.4. The highest BCUT2D eigenvalue weighted by molar-refractivity contribution is 5.68.